The molecule has 8 nitrogen and oxygen atoms in total. The van der Waals surface area contributed by atoms with Gasteiger partial charge in [-0.1, -0.05) is 36.4 Å². The van der Waals surface area contributed by atoms with E-state index in [1.807, 2.05) is 56.3 Å². The normalized spacial score (nSPS) is 19.6. The van der Waals surface area contributed by atoms with Crippen molar-refractivity contribution in [3.63, 3.8) is 0 Å². The molecule has 5 rings (SSSR count). The van der Waals surface area contributed by atoms with Gasteiger partial charge in [0.05, 0.1) is 35.2 Å². The molecule has 3 heterocycles. The number of nitrogens with zero attached hydrogens (tertiary/aromatic N) is 4. The van der Waals surface area contributed by atoms with Crippen molar-refractivity contribution in [1.82, 2.24) is 19.6 Å². The summed E-state index contributed by atoms with van der Waals surface area (Å²) in [5.74, 6) is -0.0133. The molecule has 0 amide bonds. The molecule has 1 aliphatic carbocycles. The quantitative estimate of drug-likeness (QED) is 0.278. The topological polar surface area (TPSA) is 112 Å². The fraction of sp³-hybridized carbons (Fsp3) is 0.345. The number of Topliss-reactive ketones (excluding diaryl/α,β-unsaturated/α-hetero) is 1. The summed E-state index contributed by atoms with van der Waals surface area (Å²) in [7, 11) is 0. The first kappa shape index (κ1) is 24.6. The van der Waals surface area contributed by atoms with Crippen LogP contribution in [0.1, 0.15) is 68.4 Å². The lowest BCUT2D eigenvalue weighted by atomic mass is 9.70. The maximum Gasteiger partial charge on any atom is 0.311 e. The Hall–Kier alpha value is -4.07. The number of ketones is 1. The molecule has 0 unspecified atom stereocenters. The highest BCUT2D eigenvalue weighted by Crippen LogP contribution is 2.45. The summed E-state index contributed by atoms with van der Waals surface area (Å²) in [6.45, 7) is 5.65. The van der Waals surface area contributed by atoms with Crippen molar-refractivity contribution in [3.05, 3.63) is 66.1 Å². The van der Waals surface area contributed by atoms with Gasteiger partial charge in [-0.3, -0.25) is 14.6 Å². The van der Waals surface area contributed by atoms with Crippen LogP contribution in [0.4, 0.5) is 5.82 Å². The van der Waals surface area contributed by atoms with Gasteiger partial charge in [0.2, 0.25) is 0 Å². The number of esters is 1. The SMILES string of the molecule is CCOC(=O)[C@]1(C)CC[C@H](c2nc3c(-c4ccc(-c5ccccc5)nc4)cnn3c(N)c2C(C)=O)CC1. The molecule has 3 aromatic heterocycles. The Labute approximate surface area is 215 Å². The van der Waals surface area contributed by atoms with Crippen molar-refractivity contribution in [1.29, 1.82) is 0 Å². The molecule has 0 atom stereocenters. The molecule has 1 saturated carbocycles. The van der Waals surface area contributed by atoms with E-state index in [9.17, 15) is 9.59 Å². The zero-order valence-electron chi connectivity index (χ0n) is 21.4. The molecule has 0 radical (unpaired) electrons. The molecule has 1 fully saturated rings. The number of hydrogen-bond acceptors (Lipinski definition) is 7. The van der Waals surface area contributed by atoms with E-state index in [0.29, 0.717) is 36.4 Å². The molecule has 37 heavy (non-hydrogen) atoms. The van der Waals surface area contributed by atoms with Gasteiger partial charge in [0.25, 0.3) is 0 Å². The van der Waals surface area contributed by atoms with E-state index in [-0.39, 0.29) is 23.5 Å². The van der Waals surface area contributed by atoms with Crippen LogP contribution in [0.5, 0.6) is 0 Å². The van der Waals surface area contributed by atoms with Crippen molar-refractivity contribution < 1.29 is 14.3 Å². The predicted molar refractivity (Wildman–Crippen MR) is 142 cm³/mol. The van der Waals surface area contributed by atoms with E-state index >= 15 is 0 Å². The van der Waals surface area contributed by atoms with E-state index in [1.165, 1.54) is 11.4 Å². The summed E-state index contributed by atoms with van der Waals surface area (Å²) in [6, 6.07) is 13.9. The second-order valence-corrected chi connectivity index (χ2v) is 9.96. The van der Waals surface area contributed by atoms with Crippen molar-refractivity contribution in [2.45, 2.75) is 52.4 Å². The third-order valence-electron chi connectivity index (χ3n) is 7.45. The largest absolute Gasteiger partial charge is 0.466 e. The zero-order valence-corrected chi connectivity index (χ0v) is 21.4. The molecule has 0 spiro atoms. The summed E-state index contributed by atoms with van der Waals surface area (Å²) >= 11 is 0. The summed E-state index contributed by atoms with van der Waals surface area (Å²) in [4.78, 5) is 34.8. The number of nitrogen functional groups attached to an aromatic ring is 1. The lowest BCUT2D eigenvalue weighted by molar-refractivity contribution is -0.156. The highest BCUT2D eigenvalue weighted by atomic mass is 16.5. The summed E-state index contributed by atoms with van der Waals surface area (Å²) in [5, 5.41) is 4.46. The minimum atomic E-state index is -0.521. The van der Waals surface area contributed by atoms with Crippen LogP contribution in [0.15, 0.2) is 54.9 Å². The Balaban J connectivity index is 1.52. The Morgan fingerprint density at radius 1 is 1.08 bits per heavy atom. The highest BCUT2D eigenvalue weighted by Gasteiger charge is 2.40. The first-order valence-corrected chi connectivity index (χ1v) is 12.7. The molecule has 1 aromatic carbocycles. The average Bonchev–Trinajstić information content (AvgIpc) is 3.34. The maximum absolute atomic E-state index is 12.7. The molecule has 0 saturated heterocycles. The Morgan fingerprint density at radius 2 is 1.81 bits per heavy atom. The van der Waals surface area contributed by atoms with Crippen LogP contribution in [-0.4, -0.2) is 37.9 Å². The number of pyridine rings is 1. The third kappa shape index (κ3) is 4.48. The molecule has 4 aromatic rings. The van der Waals surface area contributed by atoms with Crippen LogP contribution in [0.25, 0.3) is 28.0 Å². The molecule has 0 bridgehead atoms. The van der Waals surface area contributed by atoms with Crippen molar-refractivity contribution >= 4 is 23.2 Å². The minimum absolute atomic E-state index is 0.00929. The van der Waals surface area contributed by atoms with Gasteiger partial charge in [-0.2, -0.15) is 9.61 Å². The molecular formula is C29H31N5O3. The van der Waals surface area contributed by atoms with Crippen molar-refractivity contribution in [2.24, 2.45) is 5.41 Å². The lowest BCUT2D eigenvalue weighted by Crippen LogP contribution is -2.34. The standard InChI is InChI=1S/C29H31N5O3/c1-4-37-28(36)29(3)14-12-20(13-15-29)25-24(18(2)35)26(30)34-27(33-25)22(17-32-34)21-10-11-23(31-16-21)19-8-6-5-7-9-19/h5-11,16-17,20H,4,12-15,30H2,1-3H3/t20-,29+. The lowest BCUT2D eigenvalue weighted by Gasteiger charge is -2.35. The number of rotatable bonds is 6. The third-order valence-corrected chi connectivity index (χ3v) is 7.45. The number of fused-ring (bicyclic) bond motifs is 1. The first-order valence-electron chi connectivity index (χ1n) is 12.7. The molecular weight excluding hydrogens is 466 g/mol. The van der Waals surface area contributed by atoms with E-state index < -0.39 is 5.41 Å². The number of ether oxygens (including phenoxy) is 1. The van der Waals surface area contributed by atoms with Crippen LogP contribution in [0.2, 0.25) is 0 Å². The Bertz CT molecular complexity index is 1450. The van der Waals surface area contributed by atoms with Crippen molar-refractivity contribution in [2.75, 3.05) is 12.3 Å². The van der Waals surface area contributed by atoms with Crippen LogP contribution in [-0.2, 0) is 9.53 Å². The molecule has 2 N–H and O–H groups in total. The zero-order chi connectivity index (χ0) is 26.2. The number of aromatic nitrogens is 4. The number of benzene rings is 1. The number of carbonyl (C=O) groups is 2. The van der Waals surface area contributed by atoms with Crippen LogP contribution in [0, 0.1) is 5.41 Å². The van der Waals surface area contributed by atoms with Gasteiger partial charge in [-0.15, -0.1) is 0 Å². The number of nitrogens with two attached hydrogens (primary N) is 1. The van der Waals surface area contributed by atoms with E-state index in [0.717, 1.165) is 35.2 Å². The number of anilines is 1. The van der Waals surface area contributed by atoms with Gasteiger partial charge in [-0.25, -0.2) is 4.98 Å². The van der Waals surface area contributed by atoms with Gasteiger partial charge in [0.1, 0.15) is 5.82 Å². The molecule has 8 heteroatoms. The molecule has 1 aliphatic rings. The van der Waals surface area contributed by atoms with Crippen molar-refractivity contribution in [3.8, 4) is 22.4 Å². The fourth-order valence-electron chi connectivity index (χ4n) is 5.26. The average molecular weight is 498 g/mol. The van der Waals surface area contributed by atoms with Gasteiger partial charge >= 0.3 is 5.97 Å². The fourth-order valence-corrected chi connectivity index (χ4v) is 5.26. The van der Waals surface area contributed by atoms with E-state index in [2.05, 4.69) is 10.1 Å². The smallest absolute Gasteiger partial charge is 0.311 e. The molecule has 0 aliphatic heterocycles. The first-order chi connectivity index (χ1) is 17.8. The Morgan fingerprint density at radius 3 is 2.43 bits per heavy atom. The summed E-state index contributed by atoms with van der Waals surface area (Å²) in [5.41, 5.74) is 11.2. The van der Waals surface area contributed by atoms with E-state index in [4.69, 9.17) is 15.5 Å². The van der Waals surface area contributed by atoms with Gasteiger partial charge in [0, 0.05) is 28.8 Å². The van der Waals surface area contributed by atoms with Crippen LogP contribution in [0.3, 0.4) is 0 Å². The highest BCUT2D eigenvalue weighted by molar-refractivity contribution is 6.00. The number of hydrogen-bond donors (Lipinski definition) is 1. The monoisotopic (exact) mass is 497 g/mol. The number of carbonyl (C=O) groups excluding carboxylic acids is 2. The Kier molecular flexibility index (Phi) is 6.50. The molecule has 190 valence electrons. The summed E-state index contributed by atoms with van der Waals surface area (Å²) < 4.78 is 6.84. The minimum Gasteiger partial charge on any atom is -0.466 e. The van der Waals surface area contributed by atoms with Crippen LogP contribution < -0.4 is 5.73 Å². The second-order valence-electron chi connectivity index (χ2n) is 9.96. The van der Waals surface area contributed by atoms with Gasteiger partial charge in [-0.05, 0) is 52.5 Å². The van der Waals surface area contributed by atoms with Gasteiger partial charge < -0.3 is 10.5 Å². The van der Waals surface area contributed by atoms with Gasteiger partial charge in [0.15, 0.2) is 11.4 Å². The summed E-state index contributed by atoms with van der Waals surface area (Å²) in [6.07, 6.45) is 6.28. The second kappa shape index (κ2) is 9.76. The van der Waals surface area contributed by atoms with E-state index in [1.54, 1.807) is 12.4 Å². The van der Waals surface area contributed by atoms with Crippen LogP contribution >= 0.6 is 0 Å². The predicted octanol–water partition coefficient (Wildman–Crippen LogP) is 5.47. The maximum atomic E-state index is 12.7.